The second-order valence-electron chi connectivity index (χ2n) is 0.635. The number of amides is 1. The van der Waals surface area contributed by atoms with Gasteiger partial charge in [-0.1, -0.05) is 0 Å². The Bertz CT molecular complexity index is 36.1. The molecule has 0 fully saturated rings. The van der Waals surface area contributed by atoms with Gasteiger partial charge in [-0.15, -0.1) is 0 Å². The van der Waals surface area contributed by atoms with E-state index in [1.165, 1.54) is 0 Å². The monoisotopic (exact) mass is 141 g/mol. The Morgan fingerprint density at radius 2 is 1.86 bits per heavy atom. The van der Waals surface area contributed by atoms with Crippen molar-refractivity contribution in [2.75, 3.05) is 12.5 Å². The summed E-state index contributed by atoms with van der Waals surface area (Å²) < 4.78 is 0. The van der Waals surface area contributed by atoms with E-state index in [1.807, 2.05) is 12.5 Å². The van der Waals surface area contributed by atoms with Crippen LogP contribution in [-0.2, 0) is 4.79 Å². The average Bonchev–Trinajstić information content (AvgIpc) is 1.69. The van der Waals surface area contributed by atoms with Gasteiger partial charge in [0.25, 0.3) is 0 Å². The molecule has 0 radical (unpaired) electrons. The number of halogens is 1. The fourth-order valence-electron chi connectivity index (χ4n) is 0. The van der Waals surface area contributed by atoms with Crippen molar-refractivity contribution in [3.05, 3.63) is 0 Å². The molecule has 7 heavy (non-hydrogen) atoms. The molecule has 0 aliphatic heterocycles. The highest BCUT2D eigenvalue weighted by molar-refractivity contribution is 7.97. The highest BCUT2D eigenvalue weighted by Crippen LogP contribution is 1.70. The molecule has 0 spiro atoms. The highest BCUT2D eigenvalue weighted by atomic mass is 35.5. The molecule has 0 rings (SSSR count). The molecule has 2 nitrogen and oxygen atoms in total. The van der Waals surface area contributed by atoms with Crippen molar-refractivity contribution in [3.8, 4) is 0 Å². The standard InChI is InChI=1S/C2H6S.CH2ClNO/c1-3-2;2-3-1-4/h1-2H3;1H,(H,3,4). The zero-order valence-corrected chi connectivity index (χ0v) is 5.84. The summed E-state index contributed by atoms with van der Waals surface area (Å²) in [5.41, 5.74) is 0. The van der Waals surface area contributed by atoms with Crippen molar-refractivity contribution in [2.45, 2.75) is 0 Å². The smallest absolute Gasteiger partial charge is 0.221 e. The van der Waals surface area contributed by atoms with Gasteiger partial charge in [-0.3, -0.25) is 9.63 Å². The number of carbonyl (C=O) groups excluding carboxylic acids is 1. The molecular formula is C3H8ClNOS. The fourth-order valence-corrected chi connectivity index (χ4v) is 0. The van der Waals surface area contributed by atoms with Gasteiger partial charge in [0.1, 0.15) is 0 Å². The highest BCUT2D eigenvalue weighted by Gasteiger charge is 1.47. The number of rotatable bonds is 1. The maximum Gasteiger partial charge on any atom is 0.221 e. The van der Waals surface area contributed by atoms with Crippen LogP contribution in [0.3, 0.4) is 0 Å². The van der Waals surface area contributed by atoms with E-state index in [9.17, 15) is 0 Å². The van der Waals surface area contributed by atoms with E-state index < -0.39 is 0 Å². The first kappa shape index (κ1) is 10.2. The van der Waals surface area contributed by atoms with Crippen molar-refractivity contribution in [1.29, 1.82) is 0 Å². The molecule has 0 aromatic heterocycles. The summed E-state index contributed by atoms with van der Waals surface area (Å²) in [6.45, 7) is 0. The van der Waals surface area contributed by atoms with Gasteiger partial charge in [-0.05, 0) is 12.5 Å². The van der Waals surface area contributed by atoms with Crippen molar-refractivity contribution < 1.29 is 4.79 Å². The molecule has 1 amide bonds. The van der Waals surface area contributed by atoms with Crippen LogP contribution in [0.4, 0.5) is 0 Å². The van der Waals surface area contributed by atoms with E-state index in [0.29, 0.717) is 6.41 Å². The van der Waals surface area contributed by atoms with E-state index >= 15 is 0 Å². The quantitative estimate of drug-likeness (QED) is 0.434. The molecule has 0 aromatic carbocycles. The molecule has 4 heteroatoms. The molecule has 44 valence electrons. The third-order valence-electron chi connectivity index (χ3n) is 0.0445. The van der Waals surface area contributed by atoms with Gasteiger partial charge in [0.2, 0.25) is 6.41 Å². The topological polar surface area (TPSA) is 29.1 Å². The average molecular weight is 142 g/mol. The van der Waals surface area contributed by atoms with Crippen LogP contribution in [-0.4, -0.2) is 18.9 Å². The Balaban J connectivity index is 0. The second-order valence-corrected chi connectivity index (χ2v) is 1.67. The minimum absolute atomic E-state index is 0.390. The fraction of sp³-hybridized carbons (Fsp3) is 0.667. The maximum atomic E-state index is 8.93. The predicted molar refractivity (Wildman–Crippen MR) is 34.5 cm³/mol. The summed E-state index contributed by atoms with van der Waals surface area (Å²) >= 11 is 6.32. The lowest BCUT2D eigenvalue weighted by Crippen LogP contribution is -1.87. The summed E-state index contributed by atoms with van der Waals surface area (Å²) in [5, 5.41) is 0. The largest absolute Gasteiger partial charge is 0.278 e. The summed E-state index contributed by atoms with van der Waals surface area (Å²) in [6.07, 6.45) is 4.47. The van der Waals surface area contributed by atoms with Crippen LogP contribution in [0.15, 0.2) is 0 Å². The SMILES string of the molecule is CSC.O=CNCl. The van der Waals surface area contributed by atoms with Gasteiger partial charge >= 0.3 is 0 Å². The molecule has 0 aliphatic carbocycles. The van der Waals surface area contributed by atoms with Gasteiger partial charge < -0.3 is 0 Å². The van der Waals surface area contributed by atoms with Crippen molar-refractivity contribution in [1.82, 2.24) is 4.84 Å². The van der Waals surface area contributed by atoms with Crippen LogP contribution in [0.1, 0.15) is 0 Å². The molecule has 0 unspecified atom stereocenters. The van der Waals surface area contributed by atoms with E-state index in [2.05, 4.69) is 11.8 Å². The third-order valence-corrected chi connectivity index (χ3v) is 0.134. The Labute approximate surface area is 52.7 Å². The van der Waals surface area contributed by atoms with E-state index in [1.54, 1.807) is 16.6 Å². The normalized spacial score (nSPS) is 5.57. The van der Waals surface area contributed by atoms with Crippen LogP contribution in [0.25, 0.3) is 0 Å². The molecule has 0 saturated heterocycles. The first-order chi connectivity index (χ1) is 3.33. The van der Waals surface area contributed by atoms with E-state index in [-0.39, 0.29) is 0 Å². The molecule has 0 bridgehead atoms. The van der Waals surface area contributed by atoms with Gasteiger partial charge in [0, 0.05) is 11.8 Å². The minimum atomic E-state index is 0.390. The minimum Gasteiger partial charge on any atom is -0.278 e. The molecule has 0 saturated carbocycles. The van der Waals surface area contributed by atoms with Gasteiger partial charge in [-0.25, -0.2) is 0 Å². The van der Waals surface area contributed by atoms with Crippen molar-refractivity contribution >= 4 is 29.9 Å². The predicted octanol–water partition coefficient (Wildman–Crippen LogP) is 0.865. The van der Waals surface area contributed by atoms with Crippen LogP contribution < -0.4 is 4.84 Å². The molecule has 1 N–H and O–H groups in total. The lowest BCUT2D eigenvalue weighted by atomic mass is 11.5. The summed E-state index contributed by atoms with van der Waals surface area (Å²) in [6, 6.07) is 0. The second kappa shape index (κ2) is 16.5. The molecule has 0 aromatic rings. The van der Waals surface area contributed by atoms with Crippen LogP contribution >= 0.6 is 23.5 Å². The lowest BCUT2D eigenvalue weighted by Gasteiger charge is -1.59. The third kappa shape index (κ3) is 83.8. The maximum absolute atomic E-state index is 8.93. The summed E-state index contributed by atoms with van der Waals surface area (Å²) in [4.78, 5) is 10.7. The molecule has 0 aliphatic rings. The Morgan fingerprint density at radius 3 is 1.86 bits per heavy atom. The first-order valence-electron chi connectivity index (χ1n) is 1.53. The lowest BCUT2D eigenvalue weighted by molar-refractivity contribution is -0.108. The van der Waals surface area contributed by atoms with Crippen LogP contribution in [0, 0.1) is 0 Å². The van der Waals surface area contributed by atoms with Crippen LogP contribution in [0.5, 0.6) is 0 Å². The zero-order chi connectivity index (χ0) is 6.12. The molecule has 0 heterocycles. The molecule has 0 atom stereocenters. The number of hydrogen-bond donors (Lipinski definition) is 1. The Hall–Kier alpha value is 0.110. The van der Waals surface area contributed by atoms with Gasteiger partial charge in [-0.2, -0.15) is 11.8 Å². The zero-order valence-electron chi connectivity index (χ0n) is 4.27. The Kier molecular flexibility index (Phi) is 24.0. The summed E-state index contributed by atoms with van der Waals surface area (Å²) in [5.74, 6) is 0. The van der Waals surface area contributed by atoms with Crippen molar-refractivity contribution in [3.63, 3.8) is 0 Å². The number of nitrogens with one attached hydrogen (secondary N) is 1. The number of thioether (sulfide) groups is 1. The van der Waals surface area contributed by atoms with Gasteiger partial charge in [0.05, 0.1) is 0 Å². The number of carbonyl (C=O) groups is 1. The van der Waals surface area contributed by atoms with Crippen LogP contribution in [0.2, 0.25) is 0 Å². The Morgan fingerprint density at radius 1 is 1.71 bits per heavy atom. The van der Waals surface area contributed by atoms with E-state index in [4.69, 9.17) is 4.79 Å². The first-order valence-corrected chi connectivity index (χ1v) is 3.54. The van der Waals surface area contributed by atoms with Gasteiger partial charge in [0.15, 0.2) is 0 Å². The number of hydrogen-bond acceptors (Lipinski definition) is 2. The summed E-state index contributed by atoms with van der Waals surface area (Å²) in [7, 11) is 0. The molecular weight excluding hydrogens is 134 g/mol. The van der Waals surface area contributed by atoms with Crippen molar-refractivity contribution in [2.24, 2.45) is 0 Å². The van der Waals surface area contributed by atoms with E-state index in [0.717, 1.165) is 0 Å².